The van der Waals surface area contributed by atoms with Gasteiger partial charge in [0.15, 0.2) is 5.65 Å². The second-order valence-electron chi connectivity index (χ2n) is 7.50. The quantitative estimate of drug-likeness (QED) is 0.779. The molecule has 6 heteroatoms. The van der Waals surface area contributed by atoms with Crippen molar-refractivity contribution >= 4 is 17.2 Å². The molecule has 2 aliphatic rings. The molecule has 0 radical (unpaired) electrons. The molecule has 3 heterocycles. The van der Waals surface area contributed by atoms with Crippen molar-refractivity contribution in [2.24, 2.45) is 0 Å². The number of nitrogens with one attached hydrogen (secondary N) is 1. The summed E-state index contributed by atoms with van der Waals surface area (Å²) in [6.07, 6.45) is 11.3. The van der Waals surface area contributed by atoms with Gasteiger partial charge in [-0.25, -0.2) is 9.50 Å². The van der Waals surface area contributed by atoms with Crippen molar-refractivity contribution in [3.8, 4) is 0 Å². The predicted molar refractivity (Wildman–Crippen MR) is 104 cm³/mol. The number of hydrogen-bond acceptors (Lipinski definition) is 4. The zero-order valence-electron chi connectivity index (χ0n) is 15.3. The smallest absolute Gasteiger partial charge is 0.261 e. The van der Waals surface area contributed by atoms with Crippen LogP contribution in [0.15, 0.2) is 42.9 Å². The zero-order valence-corrected chi connectivity index (χ0v) is 15.3. The Morgan fingerprint density at radius 2 is 2.00 bits per heavy atom. The number of amides is 1. The minimum Gasteiger partial charge on any atom is -0.322 e. The summed E-state index contributed by atoms with van der Waals surface area (Å²) in [5.74, 6) is -0.173. The number of fused-ring (bicyclic) bond motifs is 2. The zero-order chi connectivity index (χ0) is 18.2. The number of carbonyl (C=O) groups excluding carboxylic acids is 1. The Morgan fingerprint density at radius 1 is 1.15 bits per heavy atom. The van der Waals surface area contributed by atoms with Gasteiger partial charge in [0.25, 0.3) is 5.91 Å². The Balaban J connectivity index is 1.33. The van der Waals surface area contributed by atoms with Crippen LogP contribution in [-0.2, 0) is 12.8 Å². The van der Waals surface area contributed by atoms with Crippen molar-refractivity contribution in [2.45, 2.75) is 38.1 Å². The summed E-state index contributed by atoms with van der Waals surface area (Å²) in [5.41, 5.74) is 4.66. The highest BCUT2D eigenvalue weighted by Gasteiger charge is 2.26. The molecule has 1 amide bonds. The minimum absolute atomic E-state index is 0.173. The van der Waals surface area contributed by atoms with E-state index in [1.807, 2.05) is 6.07 Å². The molecular formula is C21H23N5O. The first-order chi connectivity index (χ1) is 13.3. The summed E-state index contributed by atoms with van der Waals surface area (Å²) in [7, 11) is 0. The maximum atomic E-state index is 12.7. The van der Waals surface area contributed by atoms with E-state index >= 15 is 0 Å². The molecule has 1 aromatic carbocycles. The van der Waals surface area contributed by atoms with Crippen LogP contribution < -0.4 is 5.32 Å². The fraction of sp³-hybridized carbons (Fsp3) is 0.381. The molecule has 1 aliphatic heterocycles. The first-order valence-corrected chi connectivity index (χ1v) is 9.73. The highest BCUT2D eigenvalue weighted by Crippen LogP contribution is 2.28. The summed E-state index contributed by atoms with van der Waals surface area (Å²) in [5, 5.41) is 7.21. The monoisotopic (exact) mass is 361 g/mol. The van der Waals surface area contributed by atoms with Crippen LogP contribution in [0, 0.1) is 0 Å². The van der Waals surface area contributed by atoms with E-state index < -0.39 is 0 Å². The van der Waals surface area contributed by atoms with Crippen molar-refractivity contribution in [3.05, 3.63) is 59.5 Å². The van der Waals surface area contributed by atoms with Gasteiger partial charge in [0.1, 0.15) is 5.56 Å². The van der Waals surface area contributed by atoms with Crippen LogP contribution in [0.2, 0.25) is 0 Å². The molecule has 0 saturated heterocycles. The van der Waals surface area contributed by atoms with Crippen molar-refractivity contribution in [3.63, 3.8) is 0 Å². The number of aromatic nitrogens is 3. The van der Waals surface area contributed by atoms with E-state index in [1.54, 1.807) is 29.2 Å². The normalized spacial score (nSPS) is 17.9. The lowest BCUT2D eigenvalue weighted by Gasteiger charge is -2.36. The minimum atomic E-state index is -0.173. The molecule has 27 heavy (non-hydrogen) atoms. The van der Waals surface area contributed by atoms with Crippen molar-refractivity contribution in [2.75, 3.05) is 18.4 Å². The van der Waals surface area contributed by atoms with E-state index in [-0.39, 0.29) is 5.91 Å². The number of carbonyl (C=O) groups is 1. The number of anilines is 1. The van der Waals surface area contributed by atoms with E-state index in [1.165, 1.54) is 30.4 Å². The molecule has 5 rings (SSSR count). The van der Waals surface area contributed by atoms with Gasteiger partial charge in [-0.15, -0.1) is 0 Å². The van der Waals surface area contributed by atoms with E-state index in [0.29, 0.717) is 11.2 Å². The second-order valence-corrected chi connectivity index (χ2v) is 7.50. The first kappa shape index (κ1) is 16.4. The molecule has 0 atom stereocenters. The molecule has 0 spiro atoms. The molecule has 2 aromatic heterocycles. The van der Waals surface area contributed by atoms with E-state index in [4.69, 9.17) is 0 Å². The molecule has 6 nitrogen and oxygen atoms in total. The van der Waals surface area contributed by atoms with Gasteiger partial charge in [0.2, 0.25) is 0 Å². The van der Waals surface area contributed by atoms with Gasteiger partial charge in [0, 0.05) is 37.2 Å². The lowest BCUT2D eigenvalue weighted by molar-refractivity contribution is 0.102. The summed E-state index contributed by atoms with van der Waals surface area (Å²) in [6, 6.07) is 8.90. The van der Waals surface area contributed by atoms with Crippen LogP contribution in [0.5, 0.6) is 0 Å². The van der Waals surface area contributed by atoms with Gasteiger partial charge in [-0.3, -0.25) is 9.69 Å². The van der Waals surface area contributed by atoms with Gasteiger partial charge in [-0.2, -0.15) is 5.10 Å². The molecule has 0 bridgehead atoms. The largest absolute Gasteiger partial charge is 0.322 e. The predicted octanol–water partition coefficient (Wildman–Crippen LogP) is 2.93. The van der Waals surface area contributed by atoms with E-state index in [9.17, 15) is 4.79 Å². The molecule has 1 saturated carbocycles. The average molecular weight is 361 g/mol. The maximum Gasteiger partial charge on any atom is 0.261 e. The van der Waals surface area contributed by atoms with E-state index in [0.717, 1.165) is 37.7 Å². The lowest BCUT2D eigenvalue weighted by Crippen LogP contribution is -2.41. The Morgan fingerprint density at radius 3 is 2.81 bits per heavy atom. The van der Waals surface area contributed by atoms with Crippen molar-refractivity contribution in [1.82, 2.24) is 19.5 Å². The average Bonchev–Trinajstić information content (AvgIpc) is 2.97. The Labute approximate surface area is 158 Å². The highest BCUT2D eigenvalue weighted by atomic mass is 16.1. The molecule has 1 fully saturated rings. The molecule has 0 unspecified atom stereocenters. The summed E-state index contributed by atoms with van der Waals surface area (Å²) < 4.78 is 1.61. The van der Waals surface area contributed by atoms with E-state index in [2.05, 4.69) is 32.4 Å². The van der Waals surface area contributed by atoms with Gasteiger partial charge < -0.3 is 5.32 Å². The van der Waals surface area contributed by atoms with Crippen molar-refractivity contribution in [1.29, 1.82) is 0 Å². The Kier molecular flexibility index (Phi) is 4.13. The Bertz CT molecular complexity index is 991. The second kappa shape index (κ2) is 6.78. The van der Waals surface area contributed by atoms with Gasteiger partial charge >= 0.3 is 0 Å². The van der Waals surface area contributed by atoms with Crippen LogP contribution in [-0.4, -0.2) is 44.5 Å². The molecule has 3 aromatic rings. The highest BCUT2D eigenvalue weighted by molar-refractivity contribution is 6.08. The van der Waals surface area contributed by atoms with Crippen LogP contribution in [0.3, 0.4) is 0 Å². The fourth-order valence-corrected chi connectivity index (χ4v) is 4.12. The molecular weight excluding hydrogens is 338 g/mol. The standard InChI is InChI=1S/C21H23N5O/c27-21(19-14-23-26-10-2-9-22-20(19)26)24-17-6-5-15-7-11-25(18-3-1-4-18)12-8-16(15)13-17/h2,5-6,9-10,13-14,18H,1,3-4,7-8,11-12H2,(H,24,27). The third-order valence-electron chi connectivity index (χ3n) is 5.92. The molecule has 1 N–H and O–H groups in total. The summed E-state index contributed by atoms with van der Waals surface area (Å²) in [4.78, 5) is 19.6. The number of benzene rings is 1. The van der Waals surface area contributed by atoms with Gasteiger partial charge in [0.05, 0.1) is 6.20 Å². The first-order valence-electron chi connectivity index (χ1n) is 9.73. The topological polar surface area (TPSA) is 62.5 Å². The maximum absolute atomic E-state index is 12.7. The third-order valence-corrected chi connectivity index (χ3v) is 5.92. The van der Waals surface area contributed by atoms with Gasteiger partial charge in [-0.05, 0) is 55.0 Å². The number of hydrogen-bond donors (Lipinski definition) is 1. The SMILES string of the molecule is O=C(Nc1ccc2c(c1)CCN(C1CCC1)CC2)c1cnn2cccnc12. The molecule has 1 aliphatic carbocycles. The summed E-state index contributed by atoms with van der Waals surface area (Å²) >= 11 is 0. The van der Waals surface area contributed by atoms with Crippen LogP contribution >= 0.6 is 0 Å². The fourth-order valence-electron chi connectivity index (χ4n) is 4.12. The number of nitrogens with zero attached hydrogens (tertiary/aromatic N) is 4. The van der Waals surface area contributed by atoms with Gasteiger partial charge in [-0.1, -0.05) is 12.5 Å². The Hall–Kier alpha value is -2.73. The van der Waals surface area contributed by atoms with Crippen LogP contribution in [0.25, 0.3) is 5.65 Å². The lowest BCUT2D eigenvalue weighted by atomic mass is 9.91. The summed E-state index contributed by atoms with van der Waals surface area (Å²) in [6.45, 7) is 2.27. The van der Waals surface area contributed by atoms with Crippen LogP contribution in [0.4, 0.5) is 5.69 Å². The molecule has 138 valence electrons. The third kappa shape index (κ3) is 3.10. The number of rotatable bonds is 3. The van der Waals surface area contributed by atoms with Crippen LogP contribution in [0.1, 0.15) is 40.7 Å². The van der Waals surface area contributed by atoms with Crippen molar-refractivity contribution < 1.29 is 4.79 Å².